The van der Waals surface area contributed by atoms with E-state index in [1.807, 2.05) is 35.5 Å². The number of imidazole rings is 1. The molecular formula is C18H23N3O. The molecular weight excluding hydrogens is 274 g/mol. The predicted molar refractivity (Wildman–Crippen MR) is 86.4 cm³/mol. The Labute approximate surface area is 131 Å². The molecule has 0 saturated carbocycles. The fourth-order valence-electron chi connectivity index (χ4n) is 3.21. The van der Waals surface area contributed by atoms with Crippen LogP contribution >= 0.6 is 0 Å². The van der Waals surface area contributed by atoms with Crippen LogP contribution in [0.2, 0.25) is 0 Å². The average molecular weight is 297 g/mol. The monoisotopic (exact) mass is 297 g/mol. The van der Waals surface area contributed by atoms with Crippen molar-refractivity contribution in [1.82, 2.24) is 14.5 Å². The van der Waals surface area contributed by atoms with E-state index in [2.05, 4.69) is 28.6 Å². The number of carbonyl (C=O) groups excluding carboxylic acids is 1. The molecule has 0 bridgehead atoms. The molecule has 0 radical (unpaired) electrons. The standard InChI is InChI=1S/C18H23N3O/c1-2-11-21(14-15-7-4-3-5-8-15)18(22)16-9-6-12-20-13-10-19-17(16)20/h3-5,7-8,10,13,16H,2,6,9,11-12,14H2,1H3/t16-/m1/s1. The minimum Gasteiger partial charge on any atom is -0.338 e. The fraction of sp³-hybridized carbons (Fsp3) is 0.444. The van der Waals surface area contributed by atoms with Gasteiger partial charge in [0.2, 0.25) is 5.91 Å². The van der Waals surface area contributed by atoms with E-state index in [1.54, 1.807) is 0 Å². The van der Waals surface area contributed by atoms with Gasteiger partial charge in [-0.15, -0.1) is 0 Å². The number of aryl methyl sites for hydroxylation is 1. The number of amides is 1. The Kier molecular flexibility index (Phi) is 4.56. The van der Waals surface area contributed by atoms with Gasteiger partial charge in [-0.25, -0.2) is 4.98 Å². The maximum absolute atomic E-state index is 13.0. The predicted octanol–water partition coefficient (Wildman–Crippen LogP) is 3.20. The van der Waals surface area contributed by atoms with E-state index >= 15 is 0 Å². The fourth-order valence-corrected chi connectivity index (χ4v) is 3.21. The van der Waals surface area contributed by atoms with E-state index in [0.29, 0.717) is 6.54 Å². The Morgan fingerprint density at radius 1 is 1.36 bits per heavy atom. The second-order valence-electron chi connectivity index (χ2n) is 5.92. The number of aromatic nitrogens is 2. The largest absolute Gasteiger partial charge is 0.338 e. The smallest absolute Gasteiger partial charge is 0.233 e. The third-order valence-electron chi connectivity index (χ3n) is 4.27. The first-order valence-electron chi connectivity index (χ1n) is 8.13. The molecule has 0 N–H and O–H groups in total. The quantitative estimate of drug-likeness (QED) is 0.850. The van der Waals surface area contributed by atoms with Gasteiger partial charge in [-0.3, -0.25) is 4.79 Å². The molecule has 1 atom stereocenters. The summed E-state index contributed by atoms with van der Waals surface area (Å²) in [5.41, 5.74) is 1.18. The topological polar surface area (TPSA) is 38.1 Å². The number of benzene rings is 1. The summed E-state index contributed by atoms with van der Waals surface area (Å²) in [4.78, 5) is 19.4. The van der Waals surface area contributed by atoms with Crippen LogP contribution in [-0.4, -0.2) is 26.9 Å². The van der Waals surface area contributed by atoms with Crippen LogP contribution in [0.1, 0.15) is 43.5 Å². The van der Waals surface area contributed by atoms with Gasteiger partial charge in [-0.2, -0.15) is 0 Å². The number of hydrogen-bond donors (Lipinski definition) is 0. The van der Waals surface area contributed by atoms with Crippen molar-refractivity contribution in [2.45, 2.75) is 45.2 Å². The van der Waals surface area contributed by atoms with Gasteiger partial charge in [0.15, 0.2) is 0 Å². The van der Waals surface area contributed by atoms with Crippen molar-refractivity contribution >= 4 is 5.91 Å². The summed E-state index contributed by atoms with van der Waals surface area (Å²) in [5.74, 6) is 1.07. The van der Waals surface area contributed by atoms with Crippen molar-refractivity contribution < 1.29 is 4.79 Å². The maximum Gasteiger partial charge on any atom is 0.233 e. The molecule has 1 aliphatic rings. The van der Waals surface area contributed by atoms with Gasteiger partial charge in [0.25, 0.3) is 0 Å². The Morgan fingerprint density at radius 2 is 2.18 bits per heavy atom. The van der Waals surface area contributed by atoms with Crippen LogP contribution in [0.4, 0.5) is 0 Å². The third kappa shape index (κ3) is 3.06. The Balaban J connectivity index is 1.79. The summed E-state index contributed by atoms with van der Waals surface area (Å²) < 4.78 is 2.12. The Morgan fingerprint density at radius 3 is 2.95 bits per heavy atom. The molecule has 1 aromatic carbocycles. The molecule has 3 rings (SSSR count). The number of carbonyl (C=O) groups is 1. The highest BCUT2D eigenvalue weighted by molar-refractivity contribution is 5.83. The zero-order valence-corrected chi connectivity index (χ0v) is 13.1. The second kappa shape index (κ2) is 6.77. The third-order valence-corrected chi connectivity index (χ3v) is 4.27. The van der Waals surface area contributed by atoms with Crippen molar-refractivity contribution in [1.29, 1.82) is 0 Å². The van der Waals surface area contributed by atoms with Gasteiger partial charge < -0.3 is 9.47 Å². The summed E-state index contributed by atoms with van der Waals surface area (Å²) in [6.07, 6.45) is 6.72. The molecule has 4 nitrogen and oxygen atoms in total. The molecule has 4 heteroatoms. The van der Waals surface area contributed by atoms with Crippen molar-refractivity contribution in [2.24, 2.45) is 0 Å². The highest BCUT2D eigenvalue weighted by Gasteiger charge is 2.31. The zero-order chi connectivity index (χ0) is 15.4. The summed E-state index contributed by atoms with van der Waals surface area (Å²) >= 11 is 0. The van der Waals surface area contributed by atoms with E-state index in [9.17, 15) is 4.79 Å². The Bertz CT molecular complexity index is 620. The van der Waals surface area contributed by atoms with E-state index in [-0.39, 0.29) is 11.8 Å². The van der Waals surface area contributed by atoms with E-state index in [4.69, 9.17) is 0 Å². The van der Waals surface area contributed by atoms with Crippen molar-refractivity contribution in [3.8, 4) is 0 Å². The van der Waals surface area contributed by atoms with Gasteiger partial charge in [0.05, 0.1) is 5.92 Å². The molecule has 0 saturated heterocycles. The molecule has 0 fully saturated rings. The summed E-state index contributed by atoms with van der Waals surface area (Å²) in [7, 11) is 0. The van der Waals surface area contributed by atoms with E-state index in [1.165, 1.54) is 5.56 Å². The number of hydrogen-bond acceptors (Lipinski definition) is 2. The normalized spacial score (nSPS) is 17.0. The first kappa shape index (κ1) is 14.8. The van der Waals surface area contributed by atoms with Crippen molar-refractivity contribution in [2.75, 3.05) is 6.54 Å². The first-order chi connectivity index (χ1) is 10.8. The van der Waals surface area contributed by atoms with E-state index < -0.39 is 0 Å². The van der Waals surface area contributed by atoms with Crippen LogP contribution in [0, 0.1) is 0 Å². The van der Waals surface area contributed by atoms with Gasteiger partial charge in [-0.1, -0.05) is 37.3 Å². The molecule has 0 aliphatic carbocycles. The summed E-state index contributed by atoms with van der Waals surface area (Å²) in [5, 5.41) is 0. The second-order valence-corrected chi connectivity index (χ2v) is 5.92. The molecule has 116 valence electrons. The first-order valence-corrected chi connectivity index (χ1v) is 8.13. The molecule has 0 unspecified atom stereocenters. The number of nitrogens with zero attached hydrogens (tertiary/aromatic N) is 3. The van der Waals surface area contributed by atoms with Crippen LogP contribution in [0.25, 0.3) is 0 Å². The van der Waals surface area contributed by atoms with Gasteiger partial charge in [0.1, 0.15) is 5.82 Å². The molecule has 2 heterocycles. The average Bonchev–Trinajstić information content (AvgIpc) is 3.03. The SMILES string of the molecule is CCCN(Cc1ccccc1)C(=O)[C@@H]1CCCn2ccnc21. The minimum absolute atomic E-state index is 0.0842. The maximum atomic E-state index is 13.0. The number of fused-ring (bicyclic) bond motifs is 1. The van der Waals surface area contributed by atoms with E-state index in [0.717, 1.165) is 38.2 Å². The summed E-state index contributed by atoms with van der Waals surface area (Å²) in [6, 6.07) is 10.2. The lowest BCUT2D eigenvalue weighted by molar-refractivity contribution is -0.134. The minimum atomic E-state index is -0.0842. The lowest BCUT2D eigenvalue weighted by Gasteiger charge is -2.29. The van der Waals surface area contributed by atoms with Crippen LogP contribution in [0.3, 0.4) is 0 Å². The number of rotatable bonds is 5. The van der Waals surface area contributed by atoms with Crippen LogP contribution in [-0.2, 0) is 17.9 Å². The highest BCUT2D eigenvalue weighted by Crippen LogP contribution is 2.28. The molecule has 1 aliphatic heterocycles. The van der Waals surface area contributed by atoms with Crippen LogP contribution < -0.4 is 0 Å². The lowest BCUT2D eigenvalue weighted by atomic mass is 9.97. The lowest BCUT2D eigenvalue weighted by Crippen LogP contribution is -2.37. The Hall–Kier alpha value is -2.10. The van der Waals surface area contributed by atoms with Gasteiger partial charge in [-0.05, 0) is 24.8 Å². The molecule has 2 aromatic rings. The molecule has 0 spiro atoms. The highest BCUT2D eigenvalue weighted by atomic mass is 16.2. The molecule has 22 heavy (non-hydrogen) atoms. The van der Waals surface area contributed by atoms with Crippen LogP contribution in [0.15, 0.2) is 42.7 Å². The van der Waals surface area contributed by atoms with Crippen molar-refractivity contribution in [3.63, 3.8) is 0 Å². The van der Waals surface area contributed by atoms with Crippen molar-refractivity contribution in [3.05, 3.63) is 54.1 Å². The molecule has 1 amide bonds. The zero-order valence-electron chi connectivity index (χ0n) is 13.1. The summed E-state index contributed by atoms with van der Waals surface area (Å²) in [6.45, 7) is 4.58. The van der Waals surface area contributed by atoms with Gasteiger partial charge >= 0.3 is 0 Å². The van der Waals surface area contributed by atoms with Crippen LogP contribution in [0.5, 0.6) is 0 Å². The van der Waals surface area contributed by atoms with Gasteiger partial charge in [0, 0.05) is 32.0 Å². The molecule has 1 aromatic heterocycles.